The molecule has 0 spiro atoms. The van der Waals surface area contributed by atoms with Gasteiger partial charge in [0.05, 0.1) is 0 Å². The lowest BCUT2D eigenvalue weighted by Crippen LogP contribution is -2.03. The van der Waals surface area contributed by atoms with E-state index in [1.807, 2.05) is 49.4 Å². The van der Waals surface area contributed by atoms with Crippen LogP contribution in [0, 0.1) is 6.92 Å². The predicted molar refractivity (Wildman–Crippen MR) is 77.6 cm³/mol. The van der Waals surface area contributed by atoms with Gasteiger partial charge in [0.15, 0.2) is 11.6 Å². The zero-order valence-corrected chi connectivity index (χ0v) is 11.0. The highest BCUT2D eigenvalue weighted by Gasteiger charge is 2.11. The fourth-order valence-electron chi connectivity index (χ4n) is 1.93. The van der Waals surface area contributed by atoms with Crippen molar-refractivity contribution in [2.45, 2.75) is 6.92 Å². The van der Waals surface area contributed by atoms with Gasteiger partial charge in [-0.2, -0.15) is 9.97 Å². The number of nitrogens with two attached hydrogens (primary N) is 1. The molecule has 2 N–H and O–H groups in total. The number of hydrogen-bond acceptors (Lipinski definition) is 5. The number of nitrogens with zero attached hydrogens (tertiary/aromatic N) is 4. The van der Waals surface area contributed by atoms with E-state index in [9.17, 15) is 0 Å². The number of pyridine rings is 1. The molecule has 0 saturated heterocycles. The molecule has 0 fully saturated rings. The number of hydrogen-bond donors (Lipinski definition) is 1. The monoisotopic (exact) mass is 263 g/mol. The molecular weight excluding hydrogens is 250 g/mol. The van der Waals surface area contributed by atoms with E-state index in [1.54, 1.807) is 6.20 Å². The highest BCUT2D eigenvalue weighted by Crippen LogP contribution is 2.21. The molecule has 0 radical (unpaired) electrons. The van der Waals surface area contributed by atoms with Crippen LogP contribution >= 0.6 is 0 Å². The smallest absolute Gasteiger partial charge is 0.224 e. The Morgan fingerprint density at radius 3 is 2.35 bits per heavy atom. The average Bonchev–Trinajstić information content (AvgIpc) is 2.48. The molecule has 5 heteroatoms. The van der Waals surface area contributed by atoms with Crippen LogP contribution in [-0.2, 0) is 0 Å². The second-order valence-electron chi connectivity index (χ2n) is 4.38. The Morgan fingerprint density at radius 2 is 1.60 bits per heavy atom. The van der Waals surface area contributed by atoms with Gasteiger partial charge in [-0.25, -0.2) is 4.98 Å². The molecule has 0 bridgehead atoms. The standard InChI is InChI=1S/C15H13N5/c1-10-6-5-9-17-12(10)14-18-13(19-15(16)20-14)11-7-3-2-4-8-11/h2-9H,1H3,(H2,16,18,19,20). The predicted octanol–water partition coefficient (Wildman–Crippen LogP) is 2.49. The van der Waals surface area contributed by atoms with Gasteiger partial charge in [0.25, 0.3) is 0 Å². The second-order valence-corrected chi connectivity index (χ2v) is 4.38. The van der Waals surface area contributed by atoms with Crippen LogP contribution < -0.4 is 5.73 Å². The molecule has 0 atom stereocenters. The van der Waals surface area contributed by atoms with E-state index >= 15 is 0 Å². The van der Waals surface area contributed by atoms with Gasteiger partial charge in [-0.3, -0.25) is 4.98 Å². The molecule has 0 unspecified atom stereocenters. The average molecular weight is 263 g/mol. The molecule has 0 aliphatic carbocycles. The van der Waals surface area contributed by atoms with Crippen LogP contribution in [-0.4, -0.2) is 19.9 Å². The minimum atomic E-state index is 0.193. The van der Waals surface area contributed by atoms with Gasteiger partial charge in [-0.15, -0.1) is 0 Å². The molecule has 3 aromatic rings. The van der Waals surface area contributed by atoms with Crippen molar-refractivity contribution in [2.24, 2.45) is 0 Å². The highest BCUT2D eigenvalue weighted by molar-refractivity contribution is 5.61. The summed E-state index contributed by atoms with van der Waals surface area (Å²) in [6, 6.07) is 13.5. The first-order valence-corrected chi connectivity index (χ1v) is 6.23. The maximum Gasteiger partial charge on any atom is 0.224 e. The fourth-order valence-corrected chi connectivity index (χ4v) is 1.93. The van der Waals surface area contributed by atoms with Crippen molar-refractivity contribution < 1.29 is 0 Å². The van der Waals surface area contributed by atoms with Crippen LogP contribution in [0.3, 0.4) is 0 Å². The van der Waals surface area contributed by atoms with Crippen molar-refractivity contribution >= 4 is 5.95 Å². The van der Waals surface area contributed by atoms with Crippen molar-refractivity contribution in [3.05, 3.63) is 54.2 Å². The molecule has 0 aliphatic rings. The Hall–Kier alpha value is -2.82. The molecule has 0 aliphatic heterocycles. The molecule has 0 saturated carbocycles. The first-order valence-electron chi connectivity index (χ1n) is 6.23. The lowest BCUT2D eigenvalue weighted by Gasteiger charge is -2.06. The molecule has 5 nitrogen and oxygen atoms in total. The van der Waals surface area contributed by atoms with Crippen LogP contribution in [0.15, 0.2) is 48.7 Å². The van der Waals surface area contributed by atoms with E-state index in [0.29, 0.717) is 11.6 Å². The topological polar surface area (TPSA) is 77.6 Å². The summed E-state index contributed by atoms with van der Waals surface area (Å²) in [5.41, 5.74) is 8.41. The summed E-state index contributed by atoms with van der Waals surface area (Å²) in [7, 11) is 0. The number of aryl methyl sites for hydroxylation is 1. The van der Waals surface area contributed by atoms with E-state index < -0.39 is 0 Å². The molecule has 20 heavy (non-hydrogen) atoms. The first-order chi connectivity index (χ1) is 9.74. The van der Waals surface area contributed by atoms with Gasteiger partial charge < -0.3 is 5.73 Å². The number of anilines is 1. The highest BCUT2D eigenvalue weighted by atomic mass is 15.1. The normalized spacial score (nSPS) is 10.4. The summed E-state index contributed by atoms with van der Waals surface area (Å²) in [5, 5.41) is 0. The summed E-state index contributed by atoms with van der Waals surface area (Å²) in [4.78, 5) is 17.2. The Morgan fingerprint density at radius 1 is 0.850 bits per heavy atom. The Balaban J connectivity index is 2.15. The molecule has 1 aromatic carbocycles. The van der Waals surface area contributed by atoms with Crippen LogP contribution in [0.5, 0.6) is 0 Å². The van der Waals surface area contributed by atoms with Gasteiger partial charge in [0, 0.05) is 11.8 Å². The Bertz CT molecular complexity index is 740. The van der Waals surface area contributed by atoms with Gasteiger partial charge in [0.1, 0.15) is 5.69 Å². The van der Waals surface area contributed by atoms with Crippen molar-refractivity contribution in [1.82, 2.24) is 19.9 Å². The maximum atomic E-state index is 5.79. The van der Waals surface area contributed by atoms with E-state index in [-0.39, 0.29) is 5.95 Å². The molecule has 3 rings (SSSR count). The van der Waals surface area contributed by atoms with Crippen molar-refractivity contribution in [3.63, 3.8) is 0 Å². The Labute approximate surface area is 116 Å². The van der Waals surface area contributed by atoms with Crippen molar-refractivity contribution in [2.75, 3.05) is 5.73 Å². The van der Waals surface area contributed by atoms with Crippen molar-refractivity contribution in [3.8, 4) is 22.9 Å². The molecule has 98 valence electrons. The van der Waals surface area contributed by atoms with E-state index in [2.05, 4.69) is 19.9 Å². The summed E-state index contributed by atoms with van der Waals surface area (Å²) in [6.45, 7) is 1.96. The molecular formula is C15H13N5. The third-order valence-corrected chi connectivity index (χ3v) is 2.91. The van der Waals surface area contributed by atoms with Gasteiger partial charge >= 0.3 is 0 Å². The SMILES string of the molecule is Cc1cccnc1-c1nc(N)nc(-c2ccccc2)n1. The summed E-state index contributed by atoms with van der Waals surface area (Å²) in [5.74, 6) is 1.24. The van der Waals surface area contributed by atoms with Crippen LogP contribution in [0.25, 0.3) is 22.9 Å². The molecule has 2 aromatic heterocycles. The maximum absolute atomic E-state index is 5.79. The largest absolute Gasteiger partial charge is 0.368 e. The zero-order chi connectivity index (χ0) is 13.9. The minimum absolute atomic E-state index is 0.193. The number of benzene rings is 1. The summed E-state index contributed by atoms with van der Waals surface area (Å²) < 4.78 is 0. The minimum Gasteiger partial charge on any atom is -0.368 e. The molecule has 0 amide bonds. The van der Waals surface area contributed by atoms with Crippen LogP contribution in [0.1, 0.15) is 5.56 Å². The van der Waals surface area contributed by atoms with Crippen LogP contribution in [0.4, 0.5) is 5.95 Å². The quantitative estimate of drug-likeness (QED) is 0.768. The third kappa shape index (κ3) is 2.33. The number of nitrogen functional groups attached to an aromatic ring is 1. The number of rotatable bonds is 2. The summed E-state index contributed by atoms with van der Waals surface area (Å²) >= 11 is 0. The van der Waals surface area contributed by atoms with Gasteiger partial charge in [-0.05, 0) is 18.6 Å². The van der Waals surface area contributed by atoms with Crippen molar-refractivity contribution in [1.29, 1.82) is 0 Å². The zero-order valence-electron chi connectivity index (χ0n) is 11.0. The van der Waals surface area contributed by atoms with E-state index in [0.717, 1.165) is 16.8 Å². The molecule has 2 heterocycles. The first kappa shape index (κ1) is 12.2. The van der Waals surface area contributed by atoms with E-state index in [4.69, 9.17) is 5.73 Å². The number of aromatic nitrogens is 4. The van der Waals surface area contributed by atoms with E-state index in [1.165, 1.54) is 0 Å². The van der Waals surface area contributed by atoms with Crippen LogP contribution in [0.2, 0.25) is 0 Å². The third-order valence-electron chi connectivity index (χ3n) is 2.91. The lowest BCUT2D eigenvalue weighted by molar-refractivity contribution is 1.06. The second kappa shape index (κ2) is 5.05. The van der Waals surface area contributed by atoms with Gasteiger partial charge in [-0.1, -0.05) is 36.4 Å². The van der Waals surface area contributed by atoms with Gasteiger partial charge in [0.2, 0.25) is 5.95 Å². The fraction of sp³-hybridized carbons (Fsp3) is 0.0667. The lowest BCUT2D eigenvalue weighted by atomic mass is 10.2. The Kier molecular flexibility index (Phi) is 3.09. The summed E-state index contributed by atoms with van der Waals surface area (Å²) in [6.07, 6.45) is 1.71.